The van der Waals surface area contributed by atoms with Gasteiger partial charge in [0.2, 0.25) is 0 Å². The molecule has 0 saturated heterocycles. The average Bonchev–Trinajstić information content (AvgIpc) is 1.85. The van der Waals surface area contributed by atoms with Crippen molar-refractivity contribution in [1.29, 1.82) is 0 Å². The normalized spacial score (nSPS) is 15.0. The second kappa shape index (κ2) is 4.14. The fourth-order valence-corrected chi connectivity index (χ4v) is 0.498. The van der Waals surface area contributed by atoms with E-state index in [0.29, 0.717) is 12.2 Å². The molecule has 0 aromatic rings. The first kappa shape index (κ1) is 9.26. The minimum atomic E-state index is 0.200. The molecule has 4 heteroatoms. The van der Waals surface area contributed by atoms with Crippen LogP contribution >= 0.6 is 0 Å². The highest BCUT2D eigenvalue weighted by Gasteiger charge is 2.01. The van der Waals surface area contributed by atoms with E-state index in [-0.39, 0.29) is 5.92 Å². The lowest BCUT2D eigenvalue weighted by atomic mass is 10.1. The Bertz CT molecular complexity index is 119. The minimum absolute atomic E-state index is 0.200. The maximum Gasteiger partial charge on any atom is 0.0342 e. The van der Waals surface area contributed by atoms with Crippen LogP contribution in [0.4, 0.5) is 0 Å². The van der Waals surface area contributed by atoms with Crippen LogP contribution in [-0.2, 0) is 0 Å². The van der Waals surface area contributed by atoms with Crippen molar-refractivity contribution < 1.29 is 0 Å². The van der Waals surface area contributed by atoms with E-state index in [1.165, 1.54) is 5.01 Å². The summed E-state index contributed by atoms with van der Waals surface area (Å²) in [6.07, 6.45) is 1.66. The summed E-state index contributed by atoms with van der Waals surface area (Å²) in [7, 11) is 1.72. The summed E-state index contributed by atoms with van der Waals surface area (Å²) in [5.41, 5.74) is 11.7. The molecule has 60 valence electrons. The smallest absolute Gasteiger partial charge is 0.0342 e. The van der Waals surface area contributed by atoms with E-state index in [4.69, 9.17) is 17.3 Å². The monoisotopic (exact) mass is 144 g/mol. The van der Waals surface area contributed by atoms with Crippen molar-refractivity contribution in [1.82, 2.24) is 5.01 Å². The summed E-state index contributed by atoms with van der Waals surface area (Å²) in [6, 6.07) is 0. The van der Waals surface area contributed by atoms with Gasteiger partial charge in [0.15, 0.2) is 0 Å². The lowest BCUT2D eigenvalue weighted by Crippen LogP contribution is -2.25. The van der Waals surface area contributed by atoms with Crippen LogP contribution < -0.4 is 17.3 Å². The fraction of sp³-hybridized carbons (Fsp3) is 0.667. The number of nitrogens with zero attached hydrogens (tertiary/aromatic N) is 1. The average molecular weight is 144 g/mol. The van der Waals surface area contributed by atoms with E-state index in [0.717, 1.165) is 0 Å². The van der Waals surface area contributed by atoms with Crippen LogP contribution in [0, 0.1) is 5.92 Å². The zero-order valence-electron chi connectivity index (χ0n) is 6.54. The Morgan fingerprint density at radius 1 is 1.70 bits per heavy atom. The largest absolute Gasteiger partial charge is 0.401 e. The lowest BCUT2D eigenvalue weighted by molar-refractivity contribution is 0.470. The Labute approximate surface area is 61.6 Å². The Kier molecular flexibility index (Phi) is 3.83. The molecular formula is C6H16N4. The van der Waals surface area contributed by atoms with Gasteiger partial charge in [-0.15, -0.1) is 0 Å². The summed E-state index contributed by atoms with van der Waals surface area (Å²) in [5, 5.41) is 1.42. The predicted molar refractivity (Wildman–Crippen MR) is 42.4 cm³/mol. The third kappa shape index (κ3) is 3.32. The van der Waals surface area contributed by atoms with Crippen LogP contribution in [0.3, 0.4) is 0 Å². The van der Waals surface area contributed by atoms with Crippen molar-refractivity contribution in [3.63, 3.8) is 0 Å². The molecule has 0 spiro atoms. The number of nitrogens with two attached hydrogens (primary N) is 3. The van der Waals surface area contributed by atoms with Gasteiger partial charge in [-0.3, -0.25) is 0 Å². The molecule has 0 aliphatic heterocycles. The molecule has 0 amide bonds. The van der Waals surface area contributed by atoms with E-state index < -0.39 is 0 Å². The van der Waals surface area contributed by atoms with Crippen LogP contribution in [0.25, 0.3) is 0 Å². The third-order valence-electron chi connectivity index (χ3n) is 1.28. The highest BCUT2D eigenvalue weighted by atomic mass is 15.4. The topological polar surface area (TPSA) is 81.3 Å². The SMILES string of the molecule is CC(CN)/C(N)=C/N(C)N. The van der Waals surface area contributed by atoms with Crippen LogP contribution in [0.1, 0.15) is 6.92 Å². The standard InChI is InChI=1S/C6H16N4/c1-5(3-7)6(8)4-10(2)9/h4-5H,3,7-9H2,1-2H3/b6-4-. The van der Waals surface area contributed by atoms with Crippen molar-refractivity contribution >= 4 is 0 Å². The van der Waals surface area contributed by atoms with E-state index >= 15 is 0 Å². The summed E-state index contributed by atoms with van der Waals surface area (Å²) in [5.74, 6) is 5.52. The molecule has 0 aromatic carbocycles. The van der Waals surface area contributed by atoms with Gasteiger partial charge in [-0.2, -0.15) is 0 Å². The molecule has 0 bridgehead atoms. The fourth-order valence-electron chi connectivity index (χ4n) is 0.498. The molecule has 1 atom stereocenters. The Hall–Kier alpha value is -0.740. The van der Waals surface area contributed by atoms with E-state index in [1.54, 1.807) is 13.2 Å². The molecule has 0 fully saturated rings. The van der Waals surface area contributed by atoms with Crippen molar-refractivity contribution in [2.24, 2.45) is 23.2 Å². The number of hydrogen-bond acceptors (Lipinski definition) is 4. The highest BCUT2D eigenvalue weighted by molar-refractivity contribution is 4.99. The summed E-state index contributed by atoms with van der Waals surface area (Å²) < 4.78 is 0. The molecule has 0 saturated carbocycles. The van der Waals surface area contributed by atoms with Crippen molar-refractivity contribution in [3.8, 4) is 0 Å². The minimum Gasteiger partial charge on any atom is -0.401 e. The van der Waals surface area contributed by atoms with Gasteiger partial charge in [-0.1, -0.05) is 6.92 Å². The molecule has 0 heterocycles. The van der Waals surface area contributed by atoms with Gasteiger partial charge in [-0.25, -0.2) is 5.84 Å². The lowest BCUT2D eigenvalue weighted by Gasteiger charge is -2.12. The van der Waals surface area contributed by atoms with Gasteiger partial charge in [0, 0.05) is 31.4 Å². The molecule has 0 aromatic heterocycles. The maximum absolute atomic E-state index is 5.59. The first-order chi connectivity index (χ1) is 4.57. The van der Waals surface area contributed by atoms with Crippen molar-refractivity contribution in [2.45, 2.75) is 6.92 Å². The van der Waals surface area contributed by atoms with Crippen molar-refractivity contribution in [2.75, 3.05) is 13.6 Å². The zero-order valence-corrected chi connectivity index (χ0v) is 6.54. The number of hydrazine groups is 1. The third-order valence-corrected chi connectivity index (χ3v) is 1.28. The summed E-state index contributed by atoms with van der Waals surface area (Å²) in [6.45, 7) is 2.51. The highest BCUT2D eigenvalue weighted by Crippen LogP contribution is 2.00. The van der Waals surface area contributed by atoms with Crippen LogP contribution in [0.15, 0.2) is 11.9 Å². The Morgan fingerprint density at radius 3 is 2.50 bits per heavy atom. The van der Waals surface area contributed by atoms with Gasteiger partial charge >= 0.3 is 0 Å². The maximum atomic E-state index is 5.59. The quantitative estimate of drug-likeness (QED) is 0.357. The molecule has 10 heavy (non-hydrogen) atoms. The van der Waals surface area contributed by atoms with E-state index in [1.807, 2.05) is 6.92 Å². The van der Waals surface area contributed by atoms with Crippen LogP contribution in [0.5, 0.6) is 0 Å². The molecule has 0 radical (unpaired) electrons. The molecule has 4 nitrogen and oxygen atoms in total. The first-order valence-corrected chi connectivity index (χ1v) is 3.22. The first-order valence-electron chi connectivity index (χ1n) is 3.22. The predicted octanol–water partition coefficient (Wildman–Crippen LogP) is -0.813. The molecule has 0 rings (SSSR count). The molecule has 0 aliphatic rings. The Morgan fingerprint density at radius 2 is 2.20 bits per heavy atom. The van der Waals surface area contributed by atoms with Gasteiger partial charge in [0.05, 0.1) is 0 Å². The van der Waals surface area contributed by atoms with Gasteiger partial charge < -0.3 is 16.5 Å². The second-order valence-electron chi connectivity index (χ2n) is 2.43. The van der Waals surface area contributed by atoms with Crippen LogP contribution in [-0.4, -0.2) is 18.6 Å². The molecule has 1 unspecified atom stereocenters. The summed E-state index contributed by atoms with van der Waals surface area (Å²) in [4.78, 5) is 0. The molecule has 0 aliphatic carbocycles. The van der Waals surface area contributed by atoms with E-state index in [2.05, 4.69) is 0 Å². The molecular weight excluding hydrogens is 128 g/mol. The zero-order chi connectivity index (χ0) is 8.15. The summed E-state index contributed by atoms with van der Waals surface area (Å²) >= 11 is 0. The van der Waals surface area contributed by atoms with Gasteiger partial charge in [0.25, 0.3) is 0 Å². The Balaban J connectivity index is 3.91. The second-order valence-corrected chi connectivity index (χ2v) is 2.43. The number of hydrogen-bond donors (Lipinski definition) is 3. The van der Waals surface area contributed by atoms with Crippen LogP contribution in [0.2, 0.25) is 0 Å². The van der Waals surface area contributed by atoms with Crippen molar-refractivity contribution in [3.05, 3.63) is 11.9 Å². The van der Waals surface area contributed by atoms with Gasteiger partial charge in [-0.05, 0) is 0 Å². The molecule has 6 N–H and O–H groups in total. The number of rotatable bonds is 3. The van der Waals surface area contributed by atoms with E-state index in [9.17, 15) is 0 Å². The van der Waals surface area contributed by atoms with Gasteiger partial charge in [0.1, 0.15) is 0 Å².